The van der Waals surface area contributed by atoms with Crippen molar-refractivity contribution in [1.82, 2.24) is 14.8 Å². The Hall–Kier alpha value is -2.21. The average molecular weight is 330 g/mol. The molecule has 1 aromatic heterocycles. The Labute approximate surface area is 143 Å². The first-order chi connectivity index (χ1) is 11.5. The lowest BCUT2D eigenvalue weighted by molar-refractivity contribution is -0.117. The van der Waals surface area contributed by atoms with Crippen LogP contribution in [-0.2, 0) is 16.6 Å². The lowest BCUT2D eigenvalue weighted by Crippen LogP contribution is -2.18. The Bertz CT molecular complexity index is 667. The molecule has 1 aromatic carbocycles. The van der Waals surface area contributed by atoms with Gasteiger partial charge < -0.3 is 14.6 Å². The standard InChI is InChI=1S/C18H26N4O2/c1-13(2)11-14(3)24-10-9-17(23)20-16-8-6-5-7-15(16)18-21-19-12-22(18)4/h5-8,12-14H,9-11H2,1-4H3,(H,20,23)/t14-/m1/s1. The molecule has 0 unspecified atom stereocenters. The van der Waals surface area contributed by atoms with Gasteiger partial charge in [-0.1, -0.05) is 26.0 Å². The van der Waals surface area contributed by atoms with Crippen molar-refractivity contribution in [3.05, 3.63) is 30.6 Å². The number of hydrogen-bond acceptors (Lipinski definition) is 4. The zero-order chi connectivity index (χ0) is 17.5. The van der Waals surface area contributed by atoms with E-state index in [1.165, 1.54) is 0 Å². The second-order valence-electron chi connectivity index (χ2n) is 6.42. The molecule has 24 heavy (non-hydrogen) atoms. The van der Waals surface area contributed by atoms with E-state index < -0.39 is 0 Å². The number of rotatable bonds is 8. The maximum absolute atomic E-state index is 12.2. The second kappa shape index (κ2) is 8.59. The molecule has 0 bridgehead atoms. The van der Waals surface area contributed by atoms with Crippen LogP contribution < -0.4 is 5.32 Å². The molecule has 0 fully saturated rings. The molecular weight excluding hydrogens is 304 g/mol. The fourth-order valence-electron chi connectivity index (χ4n) is 2.61. The van der Waals surface area contributed by atoms with Crippen LogP contribution in [0, 0.1) is 5.92 Å². The van der Waals surface area contributed by atoms with E-state index in [2.05, 4.69) is 29.4 Å². The number of amides is 1. The minimum absolute atomic E-state index is 0.0682. The maximum atomic E-state index is 12.2. The van der Waals surface area contributed by atoms with Crippen LogP contribution in [-0.4, -0.2) is 33.4 Å². The van der Waals surface area contributed by atoms with E-state index in [1.807, 2.05) is 42.8 Å². The quantitative estimate of drug-likeness (QED) is 0.806. The van der Waals surface area contributed by atoms with Crippen molar-refractivity contribution in [3.8, 4) is 11.4 Å². The third-order valence-electron chi connectivity index (χ3n) is 3.69. The third kappa shape index (κ3) is 5.16. The number of hydrogen-bond donors (Lipinski definition) is 1. The minimum atomic E-state index is -0.0682. The van der Waals surface area contributed by atoms with Crippen molar-refractivity contribution in [2.24, 2.45) is 13.0 Å². The van der Waals surface area contributed by atoms with Crippen LogP contribution in [0.2, 0.25) is 0 Å². The summed E-state index contributed by atoms with van der Waals surface area (Å²) in [6, 6.07) is 7.58. The van der Waals surface area contributed by atoms with Crippen molar-refractivity contribution < 1.29 is 9.53 Å². The van der Waals surface area contributed by atoms with Gasteiger partial charge in [-0.3, -0.25) is 4.79 Å². The molecule has 6 nitrogen and oxygen atoms in total. The molecule has 2 aromatic rings. The van der Waals surface area contributed by atoms with Crippen molar-refractivity contribution >= 4 is 11.6 Å². The molecule has 0 saturated carbocycles. The summed E-state index contributed by atoms with van der Waals surface area (Å²) in [5.74, 6) is 1.24. The van der Waals surface area contributed by atoms with Gasteiger partial charge in [-0.25, -0.2) is 0 Å². The Morgan fingerprint density at radius 3 is 2.71 bits per heavy atom. The van der Waals surface area contributed by atoms with Crippen molar-refractivity contribution in [3.63, 3.8) is 0 Å². The zero-order valence-electron chi connectivity index (χ0n) is 14.8. The van der Waals surface area contributed by atoms with Crippen LogP contribution in [0.3, 0.4) is 0 Å². The summed E-state index contributed by atoms with van der Waals surface area (Å²) in [7, 11) is 1.87. The number of ether oxygens (including phenoxy) is 1. The number of aryl methyl sites for hydroxylation is 1. The number of carbonyl (C=O) groups excluding carboxylic acids is 1. The SMILES string of the molecule is CC(C)C[C@@H](C)OCCC(=O)Nc1ccccc1-c1nncn1C. The number of nitrogens with zero attached hydrogens (tertiary/aromatic N) is 3. The van der Waals surface area contributed by atoms with Crippen molar-refractivity contribution in [2.75, 3.05) is 11.9 Å². The smallest absolute Gasteiger partial charge is 0.226 e. The second-order valence-corrected chi connectivity index (χ2v) is 6.42. The summed E-state index contributed by atoms with van der Waals surface area (Å²) in [5.41, 5.74) is 1.58. The molecule has 2 rings (SSSR count). The van der Waals surface area contributed by atoms with E-state index in [-0.39, 0.29) is 12.0 Å². The van der Waals surface area contributed by atoms with Gasteiger partial charge in [0.1, 0.15) is 6.33 Å². The Morgan fingerprint density at radius 1 is 1.29 bits per heavy atom. The molecule has 0 aliphatic heterocycles. The van der Waals surface area contributed by atoms with E-state index in [0.717, 1.165) is 17.7 Å². The Morgan fingerprint density at radius 2 is 2.04 bits per heavy atom. The Balaban J connectivity index is 1.92. The van der Waals surface area contributed by atoms with Crippen molar-refractivity contribution in [2.45, 2.75) is 39.7 Å². The molecule has 130 valence electrons. The minimum Gasteiger partial charge on any atom is -0.378 e. The van der Waals surface area contributed by atoms with Crippen LogP contribution in [0.4, 0.5) is 5.69 Å². The lowest BCUT2D eigenvalue weighted by atomic mass is 10.1. The highest BCUT2D eigenvalue weighted by Crippen LogP contribution is 2.25. The fourth-order valence-corrected chi connectivity index (χ4v) is 2.61. The summed E-state index contributed by atoms with van der Waals surface area (Å²) in [6.45, 7) is 6.79. The van der Waals surface area contributed by atoms with E-state index in [1.54, 1.807) is 6.33 Å². The number of benzene rings is 1. The fraction of sp³-hybridized carbons (Fsp3) is 0.500. The molecule has 1 amide bonds. The third-order valence-corrected chi connectivity index (χ3v) is 3.69. The molecular formula is C18H26N4O2. The van der Waals surface area contributed by atoms with Gasteiger partial charge in [0.25, 0.3) is 0 Å². The van der Waals surface area contributed by atoms with Gasteiger partial charge in [0.2, 0.25) is 5.91 Å². The Kier molecular flexibility index (Phi) is 6.49. The van der Waals surface area contributed by atoms with Gasteiger partial charge in [0.05, 0.1) is 24.8 Å². The van der Waals surface area contributed by atoms with Gasteiger partial charge in [-0.2, -0.15) is 0 Å². The van der Waals surface area contributed by atoms with Gasteiger partial charge in [-0.05, 0) is 31.4 Å². The molecule has 0 spiro atoms. The molecule has 1 atom stereocenters. The van der Waals surface area contributed by atoms with E-state index in [9.17, 15) is 4.79 Å². The van der Waals surface area contributed by atoms with Gasteiger partial charge in [0, 0.05) is 12.6 Å². The van der Waals surface area contributed by atoms with Crippen molar-refractivity contribution in [1.29, 1.82) is 0 Å². The van der Waals surface area contributed by atoms with Crippen LogP contribution in [0.5, 0.6) is 0 Å². The van der Waals surface area contributed by atoms with E-state index >= 15 is 0 Å². The highest BCUT2D eigenvalue weighted by atomic mass is 16.5. The normalized spacial score (nSPS) is 12.4. The molecule has 0 radical (unpaired) electrons. The van der Waals surface area contributed by atoms with Crippen LogP contribution in [0.25, 0.3) is 11.4 Å². The van der Waals surface area contributed by atoms with Gasteiger partial charge in [0.15, 0.2) is 5.82 Å². The maximum Gasteiger partial charge on any atom is 0.226 e. The topological polar surface area (TPSA) is 69.0 Å². The average Bonchev–Trinajstić information content (AvgIpc) is 2.93. The largest absolute Gasteiger partial charge is 0.378 e. The number of nitrogens with one attached hydrogen (secondary N) is 1. The molecule has 0 saturated heterocycles. The summed E-state index contributed by atoms with van der Waals surface area (Å²) in [5, 5.41) is 10.9. The molecule has 0 aliphatic rings. The summed E-state index contributed by atoms with van der Waals surface area (Å²) >= 11 is 0. The highest BCUT2D eigenvalue weighted by Gasteiger charge is 2.12. The molecule has 1 heterocycles. The number of para-hydroxylation sites is 1. The summed E-state index contributed by atoms with van der Waals surface area (Å²) in [6.07, 6.45) is 3.13. The lowest BCUT2D eigenvalue weighted by Gasteiger charge is -2.15. The monoisotopic (exact) mass is 330 g/mol. The summed E-state index contributed by atoms with van der Waals surface area (Å²) in [4.78, 5) is 12.2. The molecule has 0 aliphatic carbocycles. The van der Waals surface area contributed by atoms with Crippen LogP contribution in [0.15, 0.2) is 30.6 Å². The number of anilines is 1. The van der Waals surface area contributed by atoms with Gasteiger partial charge >= 0.3 is 0 Å². The number of carbonyl (C=O) groups is 1. The first-order valence-corrected chi connectivity index (χ1v) is 8.32. The zero-order valence-corrected chi connectivity index (χ0v) is 14.8. The molecule has 1 N–H and O–H groups in total. The predicted octanol–water partition coefficient (Wildman–Crippen LogP) is 3.26. The van der Waals surface area contributed by atoms with Gasteiger partial charge in [-0.15, -0.1) is 10.2 Å². The first-order valence-electron chi connectivity index (χ1n) is 8.32. The predicted molar refractivity (Wildman–Crippen MR) is 94.6 cm³/mol. The molecule has 6 heteroatoms. The van der Waals surface area contributed by atoms with Crippen LogP contribution in [0.1, 0.15) is 33.6 Å². The highest BCUT2D eigenvalue weighted by molar-refractivity contribution is 5.94. The van der Waals surface area contributed by atoms with Crippen LogP contribution >= 0.6 is 0 Å². The number of aromatic nitrogens is 3. The first kappa shape index (κ1) is 18.1. The summed E-state index contributed by atoms with van der Waals surface area (Å²) < 4.78 is 7.52. The van der Waals surface area contributed by atoms with E-state index in [4.69, 9.17) is 4.74 Å². The van der Waals surface area contributed by atoms with E-state index in [0.29, 0.717) is 24.8 Å².